The number of fused-ring (bicyclic) bond motifs is 3. The lowest BCUT2D eigenvalue weighted by atomic mass is 9.79. The van der Waals surface area contributed by atoms with Crippen molar-refractivity contribution in [1.82, 2.24) is 24.1 Å². The second-order valence-corrected chi connectivity index (χ2v) is 8.73. The summed E-state index contributed by atoms with van der Waals surface area (Å²) in [6, 6.07) is 4.14. The van der Waals surface area contributed by atoms with Crippen LogP contribution in [0.5, 0.6) is 0 Å². The van der Waals surface area contributed by atoms with Crippen molar-refractivity contribution in [3.05, 3.63) is 47.9 Å². The first-order valence-corrected chi connectivity index (χ1v) is 10.1. The monoisotopic (exact) mass is 420 g/mol. The van der Waals surface area contributed by atoms with Gasteiger partial charge in [-0.2, -0.15) is 14.5 Å². The van der Waals surface area contributed by atoms with Gasteiger partial charge < -0.3 is 16.0 Å². The number of carbonyl (C=O) groups is 1. The van der Waals surface area contributed by atoms with Crippen LogP contribution in [0.3, 0.4) is 0 Å². The van der Waals surface area contributed by atoms with Crippen molar-refractivity contribution in [1.29, 1.82) is 0 Å². The van der Waals surface area contributed by atoms with Gasteiger partial charge in [-0.1, -0.05) is 0 Å². The van der Waals surface area contributed by atoms with E-state index in [2.05, 4.69) is 25.3 Å². The lowest BCUT2D eigenvalue weighted by Gasteiger charge is -2.33. The van der Waals surface area contributed by atoms with Crippen LogP contribution in [0.2, 0.25) is 0 Å². The van der Waals surface area contributed by atoms with Crippen LogP contribution >= 0.6 is 0 Å². The number of carbonyl (C=O) groups excluding carboxylic acids is 1. The lowest BCUT2D eigenvalue weighted by Crippen LogP contribution is -2.48. The van der Waals surface area contributed by atoms with E-state index in [4.69, 9.17) is 5.73 Å². The Bertz CT molecular complexity index is 1380. The topological polar surface area (TPSA) is 106 Å². The van der Waals surface area contributed by atoms with Crippen LogP contribution in [0, 0.1) is 12.9 Å². The van der Waals surface area contributed by atoms with Gasteiger partial charge in [0.05, 0.1) is 17.5 Å². The molecule has 7 rings (SSSR count). The van der Waals surface area contributed by atoms with Gasteiger partial charge in [-0.3, -0.25) is 13.9 Å². The molecule has 0 atom stereocenters. The maximum atomic E-state index is 14.3. The first-order chi connectivity index (χ1) is 14.8. The Kier molecular flexibility index (Phi) is 3.54. The summed E-state index contributed by atoms with van der Waals surface area (Å²) in [4.78, 5) is 23.3. The summed E-state index contributed by atoms with van der Waals surface area (Å²) in [5.74, 6) is -1.04. The number of imidazole rings is 1. The molecule has 5 heterocycles. The number of nitrogens with zero attached hydrogens (tertiary/aromatic N) is 6. The van der Waals surface area contributed by atoms with Gasteiger partial charge in [-0.25, -0.2) is 4.98 Å². The van der Waals surface area contributed by atoms with E-state index in [1.165, 1.54) is 4.40 Å². The van der Waals surface area contributed by atoms with Crippen molar-refractivity contribution < 1.29 is 9.18 Å². The maximum Gasteiger partial charge on any atom is 0.259 e. The van der Waals surface area contributed by atoms with E-state index in [1.54, 1.807) is 30.1 Å². The molecule has 0 unspecified atom stereocenters. The molecule has 31 heavy (non-hydrogen) atoms. The summed E-state index contributed by atoms with van der Waals surface area (Å²) in [6.45, 7) is 2.57. The smallest absolute Gasteiger partial charge is 0.259 e. The Morgan fingerprint density at radius 1 is 1.26 bits per heavy atom. The van der Waals surface area contributed by atoms with Gasteiger partial charge >= 0.3 is 0 Å². The van der Waals surface area contributed by atoms with Crippen LogP contribution in [0.1, 0.15) is 28.9 Å². The normalized spacial score (nSPS) is 22.3. The molecule has 158 valence electrons. The molecule has 2 saturated heterocycles. The molecule has 9 nitrogen and oxygen atoms in total. The van der Waals surface area contributed by atoms with Crippen molar-refractivity contribution in [3.63, 3.8) is 0 Å². The van der Waals surface area contributed by atoms with Crippen LogP contribution in [-0.4, -0.2) is 48.2 Å². The largest absolute Gasteiger partial charge is 0.366 e. The van der Waals surface area contributed by atoms with Crippen molar-refractivity contribution in [3.8, 4) is 0 Å². The first kappa shape index (κ1) is 18.3. The molecule has 0 spiro atoms. The highest BCUT2D eigenvalue weighted by atomic mass is 19.1. The third-order valence-electron chi connectivity index (χ3n) is 6.29. The highest BCUT2D eigenvalue weighted by Gasteiger charge is 2.53. The number of halogens is 1. The number of benzene rings is 1. The second kappa shape index (κ2) is 6.01. The summed E-state index contributed by atoms with van der Waals surface area (Å²) in [7, 11) is 1.83. The van der Waals surface area contributed by atoms with Gasteiger partial charge in [-0.05, 0) is 31.9 Å². The van der Waals surface area contributed by atoms with E-state index >= 15 is 0 Å². The number of aromatic nitrogens is 5. The number of hydrogen-bond donors (Lipinski definition) is 2. The summed E-state index contributed by atoms with van der Waals surface area (Å²) in [5.41, 5.74) is 9.07. The minimum absolute atomic E-state index is 0.102. The maximum absolute atomic E-state index is 14.3. The Morgan fingerprint density at radius 2 is 2.06 bits per heavy atom. The Balaban J connectivity index is 1.37. The summed E-state index contributed by atoms with van der Waals surface area (Å²) >= 11 is 0. The average Bonchev–Trinajstić information content (AvgIpc) is 3.40. The molecule has 2 aliphatic heterocycles. The molecule has 4 aromatic rings. The number of nitrogens with one attached hydrogen (secondary N) is 1. The van der Waals surface area contributed by atoms with Crippen molar-refractivity contribution >= 4 is 34.0 Å². The quantitative estimate of drug-likeness (QED) is 0.525. The molecule has 3 aromatic heterocycles. The lowest BCUT2D eigenvalue weighted by molar-refractivity contribution is 0.102. The highest BCUT2D eigenvalue weighted by molar-refractivity contribution is 6.13. The van der Waals surface area contributed by atoms with Crippen molar-refractivity contribution in [2.45, 2.75) is 31.3 Å². The molecule has 3 fully saturated rings. The fourth-order valence-corrected chi connectivity index (χ4v) is 4.95. The van der Waals surface area contributed by atoms with Crippen molar-refractivity contribution in [2.24, 2.45) is 12.8 Å². The number of anilines is 2. The standard InChI is InChI=1S/C21H21FN8O/c1-11-7-29-9-16(25-18(22)19(29)24-11)26-20(31)13-3-4-15(14-8-28(2)27-17(13)14)30-10-21(23)5-12(30)6-21/h3-4,7-9,12H,5-6,10,23H2,1-2H3,(H,26,31). The number of amides is 1. The number of nitrogens with two attached hydrogens (primary N) is 1. The minimum atomic E-state index is -0.743. The van der Waals surface area contributed by atoms with Crippen LogP contribution in [0.15, 0.2) is 30.7 Å². The third-order valence-corrected chi connectivity index (χ3v) is 6.29. The van der Waals surface area contributed by atoms with Crippen LogP contribution in [-0.2, 0) is 7.05 Å². The minimum Gasteiger partial charge on any atom is -0.366 e. The molecule has 1 saturated carbocycles. The Labute approximate surface area is 176 Å². The molecule has 2 bridgehead atoms. The number of aryl methyl sites for hydroxylation is 2. The SMILES string of the molecule is Cc1cn2cc(NC(=O)c3ccc(N4CC5(N)CC4C5)c4cn(C)nc34)nc(F)c2n1. The van der Waals surface area contributed by atoms with Gasteiger partial charge in [0.1, 0.15) is 5.52 Å². The van der Waals surface area contributed by atoms with Gasteiger partial charge in [-0.15, -0.1) is 0 Å². The van der Waals surface area contributed by atoms with Gasteiger partial charge in [0, 0.05) is 48.6 Å². The zero-order valence-electron chi connectivity index (χ0n) is 17.1. The molecule has 0 radical (unpaired) electrons. The van der Waals surface area contributed by atoms with Gasteiger partial charge in [0.15, 0.2) is 11.5 Å². The molecular weight excluding hydrogens is 399 g/mol. The predicted molar refractivity (Wildman–Crippen MR) is 114 cm³/mol. The molecule has 1 amide bonds. The van der Waals surface area contributed by atoms with Crippen LogP contribution in [0.4, 0.5) is 15.9 Å². The molecule has 3 aliphatic rings. The van der Waals surface area contributed by atoms with Crippen molar-refractivity contribution in [2.75, 3.05) is 16.8 Å². The number of rotatable bonds is 3. The molecule has 1 aromatic carbocycles. The van der Waals surface area contributed by atoms with E-state index in [9.17, 15) is 9.18 Å². The van der Waals surface area contributed by atoms with Gasteiger partial charge in [0.25, 0.3) is 11.9 Å². The Morgan fingerprint density at radius 3 is 2.81 bits per heavy atom. The fourth-order valence-electron chi connectivity index (χ4n) is 4.95. The highest BCUT2D eigenvalue weighted by Crippen LogP contribution is 2.46. The average molecular weight is 420 g/mol. The summed E-state index contributed by atoms with van der Waals surface area (Å²) in [5, 5.41) is 8.11. The first-order valence-electron chi connectivity index (χ1n) is 10.1. The van der Waals surface area contributed by atoms with E-state index < -0.39 is 11.9 Å². The summed E-state index contributed by atoms with van der Waals surface area (Å²) < 4.78 is 17.5. The molecule has 3 N–H and O–H groups in total. The Hall–Kier alpha value is -3.53. The van der Waals surface area contributed by atoms with E-state index in [0.717, 1.165) is 30.5 Å². The van der Waals surface area contributed by atoms with E-state index in [0.29, 0.717) is 22.8 Å². The fraction of sp³-hybridized carbons (Fsp3) is 0.333. The zero-order chi connectivity index (χ0) is 21.5. The van der Waals surface area contributed by atoms with E-state index in [-0.39, 0.29) is 17.0 Å². The molecule has 1 aliphatic carbocycles. The number of hydrogen-bond acceptors (Lipinski definition) is 6. The predicted octanol–water partition coefficient (Wildman–Crippen LogP) is 2.00. The van der Waals surface area contributed by atoms with E-state index in [1.807, 2.05) is 19.3 Å². The summed E-state index contributed by atoms with van der Waals surface area (Å²) in [6.07, 6.45) is 7.11. The third kappa shape index (κ3) is 2.71. The van der Waals surface area contributed by atoms with Crippen LogP contribution < -0.4 is 16.0 Å². The molecular formula is C21H21FN8O. The van der Waals surface area contributed by atoms with Gasteiger partial charge in [0.2, 0.25) is 0 Å². The van der Waals surface area contributed by atoms with Crippen LogP contribution in [0.25, 0.3) is 16.6 Å². The zero-order valence-corrected chi connectivity index (χ0v) is 17.1. The second-order valence-electron chi connectivity index (χ2n) is 8.73. The molecule has 10 heteroatoms.